The van der Waals surface area contributed by atoms with Gasteiger partial charge in [-0.05, 0) is 31.0 Å². The Morgan fingerprint density at radius 1 is 1.32 bits per heavy atom. The maximum Gasteiger partial charge on any atom is 0.244 e. The standard InChI is InChI=1S/C15H21Cl2N3O3S.ClH/c16-11-4-5-13(17)14(9-11)24(22,23)20-8-2-1-3-12(20)10-19-15(21)6-7-18;/h4-5,9,12H,1-3,6-8,10,18H2,(H,19,21);1H. The summed E-state index contributed by atoms with van der Waals surface area (Å²) < 4.78 is 27.4. The Balaban J connectivity index is 0.00000312. The maximum absolute atomic E-state index is 13.0. The molecule has 142 valence electrons. The minimum absolute atomic E-state index is 0. The van der Waals surface area contributed by atoms with Crippen LogP contribution in [0, 0.1) is 0 Å². The van der Waals surface area contributed by atoms with Gasteiger partial charge in [-0.2, -0.15) is 4.31 Å². The van der Waals surface area contributed by atoms with Gasteiger partial charge in [0.05, 0.1) is 5.02 Å². The van der Waals surface area contributed by atoms with Crippen LogP contribution in [-0.4, -0.2) is 44.3 Å². The second-order valence-corrected chi connectivity index (χ2v) is 8.39. The van der Waals surface area contributed by atoms with E-state index in [-0.39, 0.29) is 53.8 Å². The number of halogens is 3. The van der Waals surface area contributed by atoms with E-state index in [2.05, 4.69) is 5.32 Å². The van der Waals surface area contributed by atoms with Crippen molar-refractivity contribution in [2.24, 2.45) is 5.73 Å². The van der Waals surface area contributed by atoms with Gasteiger partial charge in [-0.3, -0.25) is 4.79 Å². The summed E-state index contributed by atoms with van der Waals surface area (Å²) in [5.74, 6) is -0.179. The largest absolute Gasteiger partial charge is 0.354 e. The molecule has 1 unspecified atom stereocenters. The first-order chi connectivity index (χ1) is 11.4. The highest BCUT2D eigenvalue weighted by Gasteiger charge is 2.34. The fourth-order valence-corrected chi connectivity index (χ4v) is 5.18. The van der Waals surface area contributed by atoms with E-state index in [0.29, 0.717) is 18.0 Å². The molecule has 1 amide bonds. The molecule has 0 aromatic heterocycles. The number of amides is 1. The molecule has 0 bridgehead atoms. The summed E-state index contributed by atoms with van der Waals surface area (Å²) >= 11 is 12.0. The van der Waals surface area contributed by atoms with Gasteiger partial charge in [0, 0.05) is 37.1 Å². The van der Waals surface area contributed by atoms with Crippen LogP contribution < -0.4 is 11.1 Å². The van der Waals surface area contributed by atoms with E-state index in [1.54, 1.807) is 6.07 Å². The smallest absolute Gasteiger partial charge is 0.244 e. The lowest BCUT2D eigenvalue weighted by molar-refractivity contribution is -0.121. The molecule has 1 fully saturated rings. The van der Waals surface area contributed by atoms with Gasteiger partial charge in [-0.1, -0.05) is 29.6 Å². The normalized spacial score (nSPS) is 18.4. The molecule has 1 heterocycles. The zero-order valence-electron chi connectivity index (χ0n) is 13.6. The van der Waals surface area contributed by atoms with Gasteiger partial charge in [0.25, 0.3) is 0 Å². The molecule has 25 heavy (non-hydrogen) atoms. The molecular weight excluding hydrogens is 409 g/mol. The van der Waals surface area contributed by atoms with Crippen molar-refractivity contribution in [1.29, 1.82) is 0 Å². The van der Waals surface area contributed by atoms with Crippen molar-refractivity contribution in [2.75, 3.05) is 19.6 Å². The molecule has 10 heteroatoms. The summed E-state index contributed by atoms with van der Waals surface area (Å²) in [6.07, 6.45) is 2.58. The Morgan fingerprint density at radius 2 is 2.04 bits per heavy atom. The Labute approximate surface area is 164 Å². The molecule has 1 aromatic carbocycles. The molecule has 1 aliphatic rings. The van der Waals surface area contributed by atoms with Gasteiger partial charge in [0.2, 0.25) is 15.9 Å². The average molecular weight is 431 g/mol. The van der Waals surface area contributed by atoms with E-state index in [1.165, 1.54) is 16.4 Å². The highest BCUT2D eigenvalue weighted by molar-refractivity contribution is 7.89. The molecule has 0 spiro atoms. The summed E-state index contributed by atoms with van der Waals surface area (Å²) in [5.41, 5.74) is 5.35. The number of hydrogen-bond acceptors (Lipinski definition) is 4. The maximum atomic E-state index is 13.0. The number of sulfonamides is 1. The van der Waals surface area contributed by atoms with E-state index < -0.39 is 10.0 Å². The fraction of sp³-hybridized carbons (Fsp3) is 0.533. The number of benzene rings is 1. The first-order valence-electron chi connectivity index (χ1n) is 7.80. The van der Waals surface area contributed by atoms with Crippen LogP contribution in [0.15, 0.2) is 23.1 Å². The molecule has 1 aliphatic heterocycles. The quantitative estimate of drug-likeness (QED) is 0.725. The molecule has 1 aromatic rings. The van der Waals surface area contributed by atoms with Gasteiger partial charge >= 0.3 is 0 Å². The SMILES string of the molecule is Cl.NCCC(=O)NCC1CCCCN1S(=O)(=O)c1cc(Cl)ccc1Cl. The first-order valence-corrected chi connectivity index (χ1v) is 9.99. The van der Waals surface area contributed by atoms with Gasteiger partial charge in [-0.25, -0.2) is 8.42 Å². The van der Waals surface area contributed by atoms with Gasteiger partial charge in [0.1, 0.15) is 4.90 Å². The third-order valence-corrected chi connectivity index (χ3v) is 6.63. The summed E-state index contributed by atoms with van der Waals surface area (Å²) in [7, 11) is -3.78. The lowest BCUT2D eigenvalue weighted by atomic mass is 10.1. The molecule has 2 rings (SSSR count). The summed E-state index contributed by atoms with van der Waals surface area (Å²) in [4.78, 5) is 11.6. The number of piperidine rings is 1. The molecule has 1 atom stereocenters. The van der Waals surface area contributed by atoms with Crippen LogP contribution >= 0.6 is 35.6 Å². The van der Waals surface area contributed by atoms with E-state index >= 15 is 0 Å². The van der Waals surface area contributed by atoms with Crippen LogP contribution in [0.2, 0.25) is 10.0 Å². The van der Waals surface area contributed by atoms with Crippen molar-refractivity contribution < 1.29 is 13.2 Å². The van der Waals surface area contributed by atoms with Crippen LogP contribution in [0.5, 0.6) is 0 Å². The van der Waals surface area contributed by atoms with Crippen molar-refractivity contribution in [3.8, 4) is 0 Å². The highest BCUT2D eigenvalue weighted by atomic mass is 35.5. The van der Waals surface area contributed by atoms with Crippen LogP contribution in [0.25, 0.3) is 0 Å². The number of carbonyl (C=O) groups excluding carboxylic acids is 1. The van der Waals surface area contributed by atoms with E-state index in [1.807, 2.05) is 0 Å². The number of nitrogens with one attached hydrogen (secondary N) is 1. The van der Waals surface area contributed by atoms with Crippen LogP contribution in [0.1, 0.15) is 25.7 Å². The van der Waals surface area contributed by atoms with Crippen molar-refractivity contribution in [3.05, 3.63) is 28.2 Å². The van der Waals surface area contributed by atoms with E-state index in [9.17, 15) is 13.2 Å². The second-order valence-electron chi connectivity index (χ2n) is 5.68. The molecule has 0 radical (unpaired) electrons. The highest BCUT2D eigenvalue weighted by Crippen LogP contribution is 2.31. The Kier molecular flexibility index (Phi) is 8.94. The Bertz CT molecular complexity index is 701. The van der Waals surface area contributed by atoms with Crippen LogP contribution in [-0.2, 0) is 14.8 Å². The lowest BCUT2D eigenvalue weighted by Crippen LogP contribution is -2.49. The number of carbonyl (C=O) groups is 1. The van der Waals surface area contributed by atoms with Gasteiger partial charge in [0.15, 0.2) is 0 Å². The Hall–Kier alpha value is -0.570. The lowest BCUT2D eigenvalue weighted by Gasteiger charge is -2.35. The summed E-state index contributed by atoms with van der Waals surface area (Å²) in [5, 5.41) is 3.19. The molecule has 3 N–H and O–H groups in total. The van der Waals surface area contributed by atoms with Crippen molar-refractivity contribution >= 4 is 51.5 Å². The summed E-state index contributed by atoms with van der Waals surface area (Å²) in [6.45, 7) is 0.912. The number of nitrogens with zero attached hydrogens (tertiary/aromatic N) is 1. The minimum atomic E-state index is -3.78. The van der Waals surface area contributed by atoms with Gasteiger partial charge in [-0.15, -0.1) is 12.4 Å². The van der Waals surface area contributed by atoms with Gasteiger partial charge < -0.3 is 11.1 Å². The molecule has 0 aliphatic carbocycles. The zero-order valence-corrected chi connectivity index (χ0v) is 16.7. The topological polar surface area (TPSA) is 92.5 Å². The predicted octanol–water partition coefficient (Wildman–Crippen LogP) is 2.42. The molecule has 0 saturated carbocycles. The van der Waals surface area contributed by atoms with Crippen LogP contribution in [0.3, 0.4) is 0 Å². The van der Waals surface area contributed by atoms with Crippen molar-refractivity contribution in [3.63, 3.8) is 0 Å². The molecule has 1 saturated heterocycles. The molecule has 6 nitrogen and oxygen atoms in total. The van der Waals surface area contributed by atoms with Crippen molar-refractivity contribution in [2.45, 2.75) is 36.6 Å². The van der Waals surface area contributed by atoms with E-state index in [0.717, 1.165) is 12.8 Å². The molecular formula is C15H22Cl3N3O3S. The first kappa shape index (κ1) is 22.5. The van der Waals surface area contributed by atoms with Crippen LogP contribution in [0.4, 0.5) is 0 Å². The Morgan fingerprint density at radius 3 is 2.72 bits per heavy atom. The zero-order chi connectivity index (χ0) is 17.7. The number of rotatable bonds is 6. The third-order valence-electron chi connectivity index (χ3n) is 3.96. The monoisotopic (exact) mass is 429 g/mol. The second kappa shape index (κ2) is 9.94. The predicted molar refractivity (Wildman–Crippen MR) is 102 cm³/mol. The summed E-state index contributed by atoms with van der Waals surface area (Å²) in [6, 6.07) is 4.07. The third kappa shape index (κ3) is 5.70. The van der Waals surface area contributed by atoms with E-state index in [4.69, 9.17) is 28.9 Å². The van der Waals surface area contributed by atoms with Crippen molar-refractivity contribution in [1.82, 2.24) is 9.62 Å². The number of nitrogens with two attached hydrogens (primary N) is 1. The number of hydrogen-bond donors (Lipinski definition) is 2. The minimum Gasteiger partial charge on any atom is -0.354 e. The fourth-order valence-electron chi connectivity index (χ4n) is 2.75. The average Bonchev–Trinajstić information content (AvgIpc) is 2.55.